The third-order valence-electron chi connectivity index (χ3n) is 3.42. The van der Waals surface area contributed by atoms with Crippen LogP contribution in [0.1, 0.15) is 24.8 Å². The maximum Gasteiger partial charge on any atom is 0.232 e. The SMILES string of the molecule is CN(C)C(=O)C1(c2ccc(Cl)cc2)CCC1. The van der Waals surface area contributed by atoms with Gasteiger partial charge in [0.1, 0.15) is 0 Å². The highest BCUT2D eigenvalue weighted by atomic mass is 35.5. The summed E-state index contributed by atoms with van der Waals surface area (Å²) in [6, 6.07) is 7.67. The second-order valence-electron chi connectivity index (χ2n) is 4.64. The Kier molecular flexibility index (Phi) is 2.94. The lowest BCUT2D eigenvalue weighted by atomic mass is 9.63. The van der Waals surface area contributed by atoms with Crippen LogP contribution in [0, 0.1) is 0 Å². The van der Waals surface area contributed by atoms with Gasteiger partial charge in [0.05, 0.1) is 5.41 Å². The lowest BCUT2D eigenvalue weighted by Crippen LogP contribution is -2.48. The van der Waals surface area contributed by atoms with E-state index >= 15 is 0 Å². The van der Waals surface area contributed by atoms with Crippen LogP contribution in [0.15, 0.2) is 24.3 Å². The first-order chi connectivity index (χ1) is 7.56. The summed E-state index contributed by atoms with van der Waals surface area (Å²) in [7, 11) is 3.64. The molecule has 1 amide bonds. The third-order valence-corrected chi connectivity index (χ3v) is 3.67. The number of nitrogens with zero attached hydrogens (tertiary/aromatic N) is 1. The Labute approximate surface area is 101 Å². The van der Waals surface area contributed by atoms with E-state index in [0.29, 0.717) is 0 Å². The predicted molar refractivity (Wildman–Crippen MR) is 65.7 cm³/mol. The van der Waals surface area contributed by atoms with E-state index < -0.39 is 0 Å². The quantitative estimate of drug-likeness (QED) is 0.775. The molecule has 2 rings (SSSR count). The number of carbonyl (C=O) groups excluding carboxylic acids is 1. The van der Waals surface area contributed by atoms with E-state index in [2.05, 4.69) is 0 Å². The largest absolute Gasteiger partial charge is 0.348 e. The van der Waals surface area contributed by atoms with Crippen LogP contribution in [0.4, 0.5) is 0 Å². The molecule has 1 aliphatic rings. The van der Waals surface area contributed by atoms with Crippen LogP contribution < -0.4 is 0 Å². The highest BCUT2D eigenvalue weighted by Crippen LogP contribution is 2.45. The minimum Gasteiger partial charge on any atom is -0.348 e. The van der Waals surface area contributed by atoms with Crippen molar-refractivity contribution in [3.63, 3.8) is 0 Å². The normalized spacial score (nSPS) is 17.7. The summed E-state index contributed by atoms with van der Waals surface area (Å²) >= 11 is 5.87. The molecule has 86 valence electrons. The average molecular weight is 238 g/mol. The van der Waals surface area contributed by atoms with Crippen LogP contribution in [-0.4, -0.2) is 24.9 Å². The predicted octanol–water partition coefficient (Wildman–Crippen LogP) is 2.85. The van der Waals surface area contributed by atoms with Gasteiger partial charge in [-0.2, -0.15) is 0 Å². The van der Waals surface area contributed by atoms with E-state index in [1.54, 1.807) is 4.90 Å². The monoisotopic (exact) mass is 237 g/mol. The summed E-state index contributed by atoms with van der Waals surface area (Å²) in [5.41, 5.74) is 0.815. The van der Waals surface area contributed by atoms with Gasteiger partial charge in [-0.15, -0.1) is 0 Å². The van der Waals surface area contributed by atoms with Crippen molar-refractivity contribution in [1.82, 2.24) is 4.90 Å². The number of likely N-dealkylation sites (N-methyl/N-ethyl adjacent to an activating group) is 1. The van der Waals surface area contributed by atoms with Crippen molar-refractivity contribution in [2.24, 2.45) is 0 Å². The number of benzene rings is 1. The van der Waals surface area contributed by atoms with Crippen molar-refractivity contribution in [1.29, 1.82) is 0 Å². The maximum atomic E-state index is 12.2. The molecular weight excluding hydrogens is 222 g/mol. The molecule has 0 N–H and O–H groups in total. The molecule has 1 fully saturated rings. The zero-order valence-electron chi connectivity index (χ0n) is 9.66. The van der Waals surface area contributed by atoms with E-state index in [1.165, 1.54) is 0 Å². The summed E-state index contributed by atoms with van der Waals surface area (Å²) in [6.45, 7) is 0. The molecule has 16 heavy (non-hydrogen) atoms. The number of hydrogen-bond donors (Lipinski definition) is 0. The van der Waals surface area contributed by atoms with Crippen molar-refractivity contribution in [2.75, 3.05) is 14.1 Å². The van der Waals surface area contributed by atoms with Gasteiger partial charge < -0.3 is 4.90 Å². The Hall–Kier alpha value is -1.02. The number of halogens is 1. The maximum absolute atomic E-state index is 12.2. The third kappa shape index (κ3) is 1.71. The van der Waals surface area contributed by atoms with Crippen LogP contribution in [0.3, 0.4) is 0 Å². The smallest absolute Gasteiger partial charge is 0.232 e. The summed E-state index contributed by atoms with van der Waals surface area (Å²) in [5, 5.41) is 0.718. The lowest BCUT2D eigenvalue weighted by molar-refractivity contribution is -0.138. The molecule has 3 heteroatoms. The first-order valence-electron chi connectivity index (χ1n) is 5.54. The van der Waals surface area contributed by atoms with Crippen LogP contribution in [0.5, 0.6) is 0 Å². The first kappa shape index (κ1) is 11.5. The molecule has 1 aromatic rings. The fraction of sp³-hybridized carbons (Fsp3) is 0.462. The van der Waals surface area contributed by atoms with Crippen LogP contribution in [-0.2, 0) is 10.2 Å². The van der Waals surface area contributed by atoms with E-state index in [-0.39, 0.29) is 11.3 Å². The summed E-state index contributed by atoms with van der Waals surface area (Å²) in [5.74, 6) is 0.209. The fourth-order valence-corrected chi connectivity index (χ4v) is 2.48. The topological polar surface area (TPSA) is 20.3 Å². The molecule has 0 bridgehead atoms. The van der Waals surface area contributed by atoms with Crippen molar-refractivity contribution in [2.45, 2.75) is 24.7 Å². The van der Waals surface area contributed by atoms with E-state index in [4.69, 9.17) is 11.6 Å². The molecule has 0 spiro atoms. The lowest BCUT2D eigenvalue weighted by Gasteiger charge is -2.42. The molecular formula is C13H16ClNO. The van der Waals surface area contributed by atoms with Gasteiger partial charge in [-0.05, 0) is 30.5 Å². The number of rotatable bonds is 2. The molecule has 0 saturated heterocycles. The zero-order chi connectivity index (χ0) is 11.8. The minimum atomic E-state index is -0.284. The number of amides is 1. The van der Waals surface area contributed by atoms with Gasteiger partial charge in [-0.1, -0.05) is 30.2 Å². The molecule has 0 radical (unpaired) electrons. The Morgan fingerprint density at radius 3 is 2.19 bits per heavy atom. The highest BCUT2D eigenvalue weighted by molar-refractivity contribution is 6.30. The Morgan fingerprint density at radius 1 is 1.25 bits per heavy atom. The van der Waals surface area contributed by atoms with Gasteiger partial charge in [0, 0.05) is 19.1 Å². The van der Waals surface area contributed by atoms with E-state index in [0.717, 1.165) is 29.8 Å². The highest BCUT2D eigenvalue weighted by Gasteiger charge is 2.46. The summed E-state index contributed by atoms with van der Waals surface area (Å²) in [6.07, 6.45) is 3.03. The molecule has 0 aliphatic heterocycles. The van der Waals surface area contributed by atoms with Gasteiger partial charge in [0.15, 0.2) is 0 Å². The van der Waals surface area contributed by atoms with Crippen molar-refractivity contribution in [3.05, 3.63) is 34.9 Å². The van der Waals surface area contributed by atoms with E-state index in [9.17, 15) is 4.79 Å². The number of carbonyl (C=O) groups is 1. The standard InChI is InChI=1S/C13H16ClNO/c1-15(2)12(16)13(8-3-9-13)10-4-6-11(14)7-5-10/h4-7H,3,8-9H2,1-2H3. The second kappa shape index (κ2) is 4.10. The molecule has 0 heterocycles. The second-order valence-corrected chi connectivity index (χ2v) is 5.08. The molecule has 1 aromatic carbocycles. The van der Waals surface area contributed by atoms with Crippen molar-refractivity contribution >= 4 is 17.5 Å². The summed E-state index contributed by atoms with van der Waals surface area (Å²) in [4.78, 5) is 13.9. The van der Waals surface area contributed by atoms with Gasteiger partial charge in [-0.3, -0.25) is 4.79 Å². The molecule has 0 aromatic heterocycles. The Balaban J connectivity index is 2.35. The molecule has 2 nitrogen and oxygen atoms in total. The first-order valence-corrected chi connectivity index (χ1v) is 5.92. The zero-order valence-corrected chi connectivity index (χ0v) is 10.4. The Morgan fingerprint density at radius 2 is 1.81 bits per heavy atom. The molecule has 1 aliphatic carbocycles. The van der Waals surface area contributed by atoms with Crippen LogP contribution >= 0.6 is 11.6 Å². The number of hydrogen-bond acceptors (Lipinski definition) is 1. The van der Waals surface area contributed by atoms with Gasteiger partial charge in [0.25, 0.3) is 0 Å². The minimum absolute atomic E-state index is 0.209. The fourth-order valence-electron chi connectivity index (χ4n) is 2.35. The van der Waals surface area contributed by atoms with Crippen LogP contribution in [0.2, 0.25) is 5.02 Å². The van der Waals surface area contributed by atoms with Crippen LogP contribution in [0.25, 0.3) is 0 Å². The Bertz CT molecular complexity index is 393. The van der Waals surface area contributed by atoms with Gasteiger partial charge in [-0.25, -0.2) is 0 Å². The van der Waals surface area contributed by atoms with Gasteiger partial charge in [0.2, 0.25) is 5.91 Å². The molecule has 0 atom stereocenters. The van der Waals surface area contributed by atoms with Crippen molar-refractivity contribution < 1.29 is 4.79 Å². The van der Waals surface area contributed by atoms with Crippen molar-refractivity contribution in [3.8, 4) is 0 Å². The van der Waals surface area contributed by atoms with E-state index in [1.807, 2.05) is 38.4 Å². The molecule has 1 saturated carbocycles. The average Bonchev–Trinajstić information content (AvgIpc) is 2.19. The van der Waals surface area contributed by atoms with Gasteiger partial charge >= 0.3 is 0 Å². The summed E-state index contributed by atoms with van der Waals surface area (Å²) < 4.78 is 0. The molecule has 0 unspecified atom stereocenters.